The van der Waals surface area contributed by atoms with Gasteiger partial charge < -0.3 is 15.5 Å². The van der Waals surface area contributed by atoms with Crippen molar-refractivity contribution in [3.05, 3.63) is 34.6 Å². The summed E-state index contributed by atoms with van der Waals surface area (Å²) in [6.45, 7) is 1.39. The number of likely N-dealkylation sites (tertiary alicyclic amines) is 1. The summed E-state index contributed by atoms with van der Waals surface area (Å²) < 4.78 is 13.1. The Hall–Kier alpha value is -2.15. The van der Waals surface area contributed by atoms with Gasteiger partial charge in [0.25, 0.3) is 5.91 Å². The third kappa shape index (κ3) is 6.17. The van der Waals surface area contributed by atoms with Crippen molar-refractivity contribution in [3.8, 4) is 0 Å². The van der Waals surface area contributed by atoms with E-state index in [9.17, 15) is 18.8 Å². The molecule has 0 unspecified atom stereocenters. The fourth-order valence-corrected chi connectivity index (χ4v) is 4.42. The zero-order valence-electron chi connectivity index (χ0n) is 17.1. The van der Waals surface area contributed by atoms with Gasteiger partial charge >= 0.3 is 0 Å². The molecule has 1 aliphatic heterocycles. The maximum atomic E-state index is 13.1. The van der Waals surface area contributed by atoms with Gasteiger partial charge in [-0.15, -0.1) is 0 Å². The van der Waals surface area contributed by atoms with E-state index in [-0.39, 0.29) is 47.3 Å². The minimum absolute atomic E-state index is 0.0300. The topological polar surface area (TPSA) is 78.5 Å². The molecule has 1 saturated heterocycles. The molecule has 0 aromatic heterocycles. The molecule has 0 atom stereocenters. The molecule has 1 aromatic rings. The lowest BCUT2D eigenvalue weighted by molar-refractivity contribution is -0.132. The van der Waals surface area contributed by atoms with Crippen LogP contribution in [0.5, 0.6) is 0 Å². The van der Waals surface area contributed by atoms with Gasteiger partial charge in [-0.1, -0.05) is 30.9 Å². The second-order valence-electron chi connectivity index (χ2n) is 8.13. The van der Waals surface area contributed by atoms with Crippen molar-refractivity contribution in [2.24, 2.45) is 5.92 Å². The Balaban J connectivity index is 1.36. The SMILES string of the molecule is O=C(NCCC(=O)N1CCC(NC(=O)C2CCCCC2)CC1)c1ccc(F)cc1Cl. The Morgan fingerprint density at radius 3 is 2.43 bits per heavy atom. The molecule has 2 aliphatic rings. The highest BCUT2D eigenvalue weighted by atomic mass is 35.5. The molecule has 0 spiro atoms. The Kier molecular flexibility index (Phi) is 8.08. The molecular formula is C22H29ClFN3O3. The van der Waals surface area contributed by atoms with Gasteiger partial charge in [0.05, 0.1) is 10.6 Å². The zero-order chi connectivity index (χ0) is 21.5. The number of rotatable bonds is 6. The van der Waals surface area contributed by atoms with Gasteiger partial charge in [-0.3, -0.25) is 14.4 Å². The van der Waals surface area contributed by atoms with E-state index in [1.807, 2.05) is 0 Å². The number of hydrogen-bond donors (Lipinski definition) is 2. The van der Waals surface area contributed by atoms with Crippen LogP contribution in [0.4, 0.5) is 4.39 Å². The van der Waals surface area contributed by atoms with Gasteiger partial charge in [0.15, 0.2) is 0 Å². The molecule has 1 heterocycles. The van der Waals surface area contributed by atoms with Crippen molar-refractivity contribution >= 4 is 29.3 Å². The number of benzene rings is 1. The van der Waals surface area contributed by atoms with Gasteiger partial charge in [-0.05, 0) is 43.9 Å². The van der Waals surface area contributed by atoms with Crippen LogP contribution >= 0.6 is 11.6 Å². The van der Waals surface area contributed by atoms with Crippen molar-refractivity contribution in [2.75, 3.05) is 19.6 Å². The molecule has 3 rings (SSSR count). The lowest BCUT2D eigenvalue weighted by Gasteiger charge is -2.33. The number of carbonyl (C=O) groups is 3. The number of halogens is 2. The Morgan fingerprint density at radius 2 is 1.77 bits per heavy atom. The molecule has 3 amide bonds. The van der Waals surface area contributed by atoms with Gasteiger partial charge in [-0.25, -0.2) is 4.39 Å². The van der Waals surface area contributed by atoms with Crippen LogP contribution in [0.15, 0.2) is 18.2 Å². The van der Waals surface area contributed by atoms with Crippen LogP contribution in [0.1, 0.15) is 61.7 Å². The maximum Gasteiger partial charge on any atom is 0.252 e. The van der Waals surface area contributed by atoms with Gasteiger partial charge in [0.2, 0.25) is 11.8 Å². The van der Waals surface area contributed by atoms with Crippen LogP contribution in [-0.2, 0) is 9.59 Å². The highest BCUT2D eigenvalue weighted by Crippen LogP contribution is 2.24. The molecule has 30 heavy (non-hydrogen) atoms. The monoisotopic (exact) mass is 437 g/mol. The Bertz CT molecular complexity index is 775. The molecule has 8 heteroatoms. The maximum absolute atomic E-state index is 13.1. The first-order valence-corrected chi connectivity index (χ1v) is 11.1. The number of amides is 3. The smallest absolute Gasteiger partial charge is 0.252 e. The number of carbonyl (C=O) groups excluding carboxylic acids is 3. The average molecular weight is 438 g/mol. The predicted octanol–water partition coefficient (Wildman–Crippen LogP) is 3.29. The van der Waals surface area contributed by atoms with Crippen LogP contribution < -0.4 is 10.6 Å². The van der Waals surface area contributed by atoms with Crippen molar-refractivity contribution in [1.82, 2.24) is 15.5 Å². The van der Waals surface area contributed by atoms with Crippen molar-refractivity contribution < 1.29 is 18.8 Å². The molecule has 2 fully saturated rings. The van der Waals surface area contributed by atoms with Crippen molar-refractivity contribution in [2.45, 2.75) is 57.4 Å². The Morgan fingerprint density at radius 1 is 1.07 bits per heavy atom. The van der Waals surface area contributed by atoms with E-state index in [1.165, 1.54) is 18.6 Å². The number of nitrogens with one attached hydrogen (secondary N) is 2. The predicted molar refractivity (Wildman–Crippen MR) is 113 cm³/mol. The van der Waals surface area contributed by atoms with E-state index in [0.29, 0.717) is 13.1 Å². The quantitative estimate of drug-likeness (QED) is 0.716. The number of piperidine rings is 1. The zero-order valence-corrected chi connectivity index (χ0v) is 17.8. The fourth-order valence-electron chi connectivity index (χ4n) is 4.17. The molecule has 164 valence electrons. The van der Waals surface area contributed by atoms with E-state index < -0.39 is 11.7 Å². The second-order valence-corrected chi connectivity index (χ2v) is 8.54. The Labute approximate surface area is 181 Å². The number of nitrogens with zero attached hydrogens (tertiary/aromatic N) is 1. The molecule has 0 radical (unpaired) electrons. The van der Waals surface area contributed by atoms with E-state index in [2.05, 4.69) is 10.6 Å². The minimum atomic E-state index is -0.509. The average Bonchev–Trinajstić information content (AvgIpc) is 2.74. The van der Waals surface area contributed by atoms with E-state index in [0.717, 1.165) is 44.6 Å². The molecular weight excluding hydrogens is 409 g/mol. The summed E-state index contributed by atoms with van der Waals surface area (Å²) in [6, 6.07) is 3.70. The van der Waals surface area contributed by atoms with E-state index >= 15 is 0 Å². The first-order valence-electron chi connectivity index (χ1n) is 10.8. The third-order valence-electron chi connectivity index (χ3n) is 5.97. The summed E-state index contributed by atoms with van der Waals surface area (Å²) in [4.78, 5) is 38.7. The molecule has 6 nitrogen and oxygen atoms in total. The molecule has 1 aromatic carbocycles. The first kappa shape index (κ1) is 22.5. The summed E-state index contributed by atoms with van der Waals surface area (Å²) in [6.07, 6.45) is 7.15. The van der Waals surface area contributed by atoms with Crippen molar-refractivity contribution in [1.29, 1.82) is 0 Å². The van der Waals surface area contributed by atoms with Gasteiger partial charge in [0.1, 0.15) is 5.82 Å². The highest BCUT2D eigenvalue weighted by molar-refractivity contribution is 6.33. The van der Waals surface area contributed by atoms with E-state index in [1.54, 1.807) is 4.90 Å². The fraction of sp³-hybridized carbons (Fsp3) is 0.591. The van der Waals surface area contributed by atoms with Crippen LogP contribution in [0.2, 0.25) is 5.02 Å². The van der Waals surface area contributed by atoms with Crippen LogP contribution in [0.25, 0.3) is 0 Å². The van der Waals surface area contributed by atoms with Crippen molar-refractivity contribution in [3.63, 3.8) is 0 Å². The summed E-state index contributed by atoms with van der Waals surface area (Å²) in [5.74, 6) is -0.655. The van der Waals surface area contributed by atoms with Crippen LogP contribution in [0.3, 0.4) is 0 Å². The highest BCUT2D eigenvalue weighted by Gasteiger charge is 2.27. The lowest BCUT2D eigenvalue weighted by atomic mass is 9.88. The largest absolute Gasteiger partial charge is 0.353 e. The number of hydrogen-bond acceptors (Lipinski definition) is 3. The van der Waals surface area contributed by atoms with Gasteiger partial charge in [0, 0.05) is 38.0 Å². The second kappa shape index (κ2) is 10.8. The molecule has 0 bridgehead atoms. The standard InChI is InChI=1S/C22H29ClFN3O3/c23-19-14-16(24)6-7-18(19)22(30)25-11-8-20(28)27-12-9-17(10-13-27)26-21(29)15-4-2-1-3-5-15/h6-7,14-15,17H,1-5,8-13H2,(H,25,30)(H,26,29). The van der Waals surface area contributed by atoms with Gasteiger partial charge in [-0.2, -0.15) is 0 Å². The third-order valence-corrected chi connectivity index (χ3v) is 6.28. The summed E-state index contributed by atoms with van der Waals surface area (Å²) in [5.41, 5.74) is 0.181. The lowest BCUT2D eigenvalue weighted by Crippen LogP contribution is -2.48. The van der Waals surface area contributed by atoms with Crippen LogP contribution in [-0.4, -0.2) is 48.3 Å². The molecule has 1 saturated carbocycles. The summed E-state index contributed by atoms with van der Waals surface area (Å²) in [7, 11) is 0. The normalized spacial score (nSPS) is 18.1. The van der Waals surface area contributed by atoms with Crippen LogP contribution in [0, 0.1) is 11.7 Å². The molecule has 2 N–H and O–H groups in total. The summed E-state index contributed by atoms with van der Waals surface area (Å²) in [5, 5.41) is 5.85. The molecule has 1 aliphatic carbocycles. The first-order chi connectivity index (χ1) is 14.4. The summed E-state index contributed by atoms with van der Waals surface area (Å²) >= 11 is 5.88. The minimum Gasteiger partial charge on any atom is -0.353 e. The van der Waals surface area contributed by atoms with E-state index in [4.69, 9.17) is 11.6 Å².